The second-order valence-electron chi connectivity index (χ2n) is 4.56. The Hall–Kier alpha value is -1.62. The van der Waals surface area contributed by atoms with Crippen LogP contribution >= 0.6 is 0 Å². The molecule has 1 aromatic rings. The lowest BCUT2D eigenvalue weighted by Gasteiger charge is -2.15. The summed E-state index contributed by atoms with van der Waals surface area (Å²) in [5.74, 6) is -0.897. The predicted octanol–water partition coefficient (Wildman–Crippen LogP) is 0.971. The third kappa shape index (κ3) is 2.24. The summed E-state index contributed by atoms with van der Waals surface area (Å²) in [6.07, 6.45) is 1.50. The Labute approximate surface area is 98.6 Å². The van der Waals surface area contributed by atoms with Gasteiger partial charge < -0.3 is 16.2 Å². The zero-order valence-corrected chi connectivity index (χ0v) is 9.59. The quantitative estimate of drug-likeness (QED) is 0.687. The number of nitrogen functional groups attached to an aromatic ring is 1. The minimum atomic E-state index is -0.507. The predicted molar refractivity (Wildman–Crippen MR) is 62.1 cm³/mol. The van der Waals surface area contributed by atoms with Crippen LogP contribution in [0.5, 0.6) is 0 Å². The lowest BCUT2D eigenvalue weighted by atomic mass is 10.1. The molecule has 0 aliphatic heterocycles. The zero-order valence-electron chi connectivity index (χ0n) is 9.59. The molecule has 1 saturated carbocycles. The van der Waals surface area contributed by atoms with E-state index in [4.69, 9.17) is 10.8 Å². The second-order valence-corrected chi connectivity index (χ2v) is 4.56. The molecule has 1 fully saturated rings. The fraction of sp³-hybridized carbons (Fsp3) is 0.417. The molecule has 0 heterocycles. The van der Waals surface area contributed by atoms with E-state index < -0.39 is 17.3 Å². The molecular weight excluding hydrogens is 223 g/mol. The summed E-state index contributed by atoms with van der Waals surface area (Å²) in [5.41, 5.74) is 5.87. The molecule has 1 amide bonds. The Morgan fingerprint density at radius 2 is 2.24 bits per heavy atom. The van der Waals surface area contributed by atoms with Crippen molar-refractivity contribution in [1.82, 2.24) is 5.32 Å². The second kappa shape index (κ2) is 4.00. The van der Waals surface area contributed by atoms with E-state index in [1.807, 2.05) is 0 Å². The average Bonchev–Trinajstić information content (AvgIpc) is 3.05. The SMILES string of the molecule is Cc1c(N)cc(C(=O)NC2(CO)CC2)cc1F. The number of carbonyl (C=O) groups excluding carboxylic acids is 1. The van der Waals surface area contributed by atoms with E-state index in [0.717, 1.165) is 18.9 Å². The van der Waals surface area contributed by atoms with Crippen molar-refractivity contribution in [2.75, 3.05) is 12.3 Å². The average molecular weight is 238 g/mol. The number of rotatable bonds is 3. The molecule has 92 valence electrons. The smallest absolute Gasteiger partial charge is 0.251 e. The number of anilines is 1. The molecule has 0 radical (unpaired) electrons. The minimum Gasteiger partial charge on any atom is -0.398 e. The van der Waals surface area contributed by atoms with Crippen molar-refractivity contribution >= 4 is 11.6 Å². The Morgan fingerprint density at radius 1 is 1.59 bits per heavy atom. The van der Waals surface area contributed by atoms with E-state index in [1.165, 1.54) is 6.07 Å². The Kier molecular flexibility index (Phi) is 2.79. The number of hydrogen-bond donors (Lipinski definition) is 3. The van der Waals surface area contributed by atoms with Gasteiger partial charge in [-0.05, 0) is 31.9 Å². The van der Waals surface area contributed by atoms with E-state index in [2.05, 4.69) is 5.32 Å². The minimum absolute atomic E-state index is 0.0947. The van der Waals surface area contributed by atoms with Crippen molar-refractivity contribution in [2.24, 2.45) is 0 Å². The third-order valence-electron chi connectivity index (χ3n) is 3.18. The zero-order chi connectivity index (χ0) is 12.6. The molecule has 0 unspecified atom stereocenters. The molecule has 0 atom stereocenters. The van der Waals surface area contributed by atoms with E-state index in [1.54, 1.807) is 6.92 Å². The summed E-state index contributed by atoms with van der Waals surface area (Å²) in [6.45, 7) is 1.46. The van der Waals surface area contributed by atoms with Crippen LogP contribution in [0, 0.1) is 12.7 Å². The maximum absolute atomic E-state index is 13.4. The van der Waals surface area contributed by atoms with Crippen molar-refractivity contribution in [3.05, 3.63) is 29.1 Å². The Bertz CT molecular complexity index is 447. The van der Waals surface area contributed by atoms with Crippen LogP contribution in [0.1, 0.15) is 28.8 Å². The lowest BCUT2D eigenvalue weighted by Crippen LogP contribution is -2.39. The molecule has 1 aliphatic carbocycles. The van der Waals surface area contributed by atoms with E-state index in [-0.39, 0.29) is 17.9 Å². The standard InChI is InChI=1S/C12H15FN2O2/c1-7-9(13)4-8(5-10(7)14)11(17)15-12(6-16)2-3-12/h4-5,16H,2-3,6,14H2,1H3,(H,15,17). The van der Waals surface area contributed by atoms with Crippen LogP contribution < -0.4 is 11.1 Å². The van der Waals surface area contributed by atoms with Gasteiger partial charge in [0.05, 0.1) is 12.1 Å². The van der Waals surface area contributed by atoms with E-state index >= 15 is 0 Å². The Morgan fingerprint density at radius 3 is 2.71 bits per heavy atom. The van der Waals surface area contributed by atoms with Crippen LogP contribution in [0.2, 0.25) is 0 Å². The molecule has 5 heteroatoms. The Balaban J connectivity index is 2.20. The van der Waals surface area contributed by atoms with Crippen LogP contribution in [-0.2, 0) is 0 Å². The number of nitrogens with one attached hydrogen (secondary N) is 1. The number of nitrogens with two attached hydrogens (primary N) is 1. The van der Waals surface area contributed by atoms with Crippen molar-refractivity contribution in [1.29, 1.82) is 0 Å². The van der Waals surface area contributed by atoms with Crippen molar-refractivity contribution in [3.8, 4) is 0 Å². The topological polar surface area (TPSA) is 75.4 Å². The number of halogens is 1. The number of amides is 1. The lowest BCUT2D eigenvalue weighted by molar-refractivity contribution is 0.0906. The molecule has 1 aliphatic rings. The summed E-state index contributed by atoms with van der Waals surface area (Å²) in [7, 11) is 0. The molecule has 0 saturated heterocycles. The van der Waals surface area contributed by atoms with E-state index in [0.29, 0.717) is 5.56 Å². The molecular formula is C12H15FN2O2. The van der Waals surface area contributed by atoms with Gasteiger partial charge in [-0.1, -0.05) is 0 Å². The summed E-state index contributed by atoms with van der Waals surface area (Å²) in [4.78, 5) is 11.8. The third-order valence-corrected chi connectivity index (χ3v) is 3.18. The number of hydrogen-bond acceptors (Lipinski definition) is 3. The fourth-order valence-corrected chi connectivity index (χ4v) is 1.62. The highest BCUT2D eigenvalue weighted by Gasteiger charge is 2.43. The maximum Gasteiger partial charge on any atom is 0.251 e. The van der Waals surface area contributed by atoms with Gasteiger partial charge >= 0.3 is 0 Å². The van der Waals surface area contributed by atoms with Gasteiger partial charge in [0, 0.05) is 16.8 Å². The van der Waals surface area contributed by atoms with Crippen LogP contribution in [0.3, 0.4) is 0 Å². The number of aliphatic hydroxyl groups is 1. The largest absolute Gasteiger partial charge is 0.398 e. The van der Waals surface area contributed by atoms with Gasteiger partial charge in [-0.3, -0.25) is 4.79 Å². The molecule has 17 heavy (non-hydrogen) atoms. The first-order valence-electron chi connectivity index (χ1n) is 5.46. The highest BCUT2D eigenvalue weighted by Crippen LogP contribution is 2.35. The maximum atomic E-state index is 13.4. The number of aliphatic hydroxyl groups excluding tert-OH is 1. The van der Waals surface area contributed by atoms with Gasteiger partial charge in [-0.15, -0.1) is 0 Å². The van der Waals surface area contributed by atoms with Crippen LogP contribution in [0.4, 0.5) is 10.1 Å². The fourth-order valence-electron chi connectivity index (χ4n) is 1.62. The van der Waals surface area contributed by atoms with Gasteiger partial charge in [0.15, 0.2) is 0 Å². The highest BCUT2D eigenvalue weighted by molar-refractivity contribution is 5.96. The van der Waals surface area contributed by atoms with Gasteiger partial charge in [0.2, 0.25) is 0 Å². The van der Waals surface area contributed by atoms with Crippen molar-refractivity contribution in [2.45, 2.75) is 25.3 Å². The summed E-state index contributed by atoms with van der Waals surface area (Å²) in [5, 5.41) is 11.8. The first-order valence-corrected chi connectivity index (χ1v) is 5.46. The van der Waals surface area contributed by atoms with E-state index in [9.17, 15) is 9.18 Å². The monoisotopic (exact) mass is 238 g/mol. The van der Waals surface area contributed by atoms with Crippen LogP contribution in [-0.4, -0.2) is 23.2 Å². The van der Waals surface area contributed by atoms with Crippen molar-refractivity contribution in [3.63, 3.8) is 0 Å². The van der Waals surface area contributed by atoms with Gasteiger partial charge in [0.1, 0.15) is 5.82 Å². The first kappa shape index (κ1) is 11.9. The highest BCUT2D eigenvalue weighted by atomic mass is 19.1. The molecule has 1 aromatic carbocycles. The molecule has 0 bridgehead atoms. The first-order chi connectivity index (χ1) is 7.97. The summed E-state index contributed by atoms with van der Waals surface area (Å²) in [6, 6.07) is 2.61. The summed E-state index contributed by atoms with van der Waals surface area (Å²) < 4.78 is 13.4. The van der Waals surface area contributed by atoms with Gasteiger partial charge in [-0.2, -0.15) is 0 Å². The van der Waals surface area contributed by atoms with Gasteiger partial charge in [0.25, 0.3) is 5.91 Å². The molecule has 2 rings (SSSR count). The molecule has 4 nitrogen and oxygen atoms in total. The van der Waals surface area contributed by atoms with Crippen LogP contribution in [0.25, 0.3) is 0 Å². The number of benzene rings is 1. The molecule has 4 N–H and O–H groups in total. The van der Waals surface area contributed by atoms with Gasteiger partial charge in [-0.25, -0.2) is 4.39 Å². The van der Waals surface area contributed by atoms with Crippen molar-refractivity contribution < 1.29 is 14.3 Å². The number of carbonyl (C=O) groups is 1. The molecule has 0 spiro atoms. The van der Waals surface area contributed by atoms with Crippen LogP contribution in [0.15, 0.2) is 12.1 Å². The summed E-state index contributed by atoms with van der Waals surface area (Å²) >= 11 is 0. The molecule has 0 aromatic heterocycles. The normalized spacial score (nSPS) is 16.6.